The Morgan fingerprint density at radius 1 is 0.579 bits per heavy atom. The topological polar surface area (TPSA) is 58.7 Å². The van der Waals surface area contributed by atoms with Crippen LogP contribution in [-0.4, -0.2) is 13.3 Å². The summed E-state index contributed by atoms with van der Waals surface area (Å²) in [5.41, 5.74) is 2.37. The van der Waals surface area contributed by atoms with E-state index >= 15 is 0 Å². The minimum Gasteiger partial charge on any atom is -0.497 e. The maximum Gasteiger partial charge on any atom is 0.119 e. The van der Waals surface area contributed by atoms with Crippen molar-refractivity contribution in [3.63, 3.8) is 0 Å². The maximum absolute atomic E-state index is 5.23. The third kappa shape index (κ3) is 5.54. The van der Waals surface area contributed by atoms with Crippen LogP contribution >= 0.6 is 7.05 Å². The number of hydrogen-bond acceptors (Lipinski definition) is 3. The zero-order valence-corrected chi connectivity index (χ0v) is 21.9. The van der Waals surface area contributed by atoms with E-state index in [0.29, 0.717) is 5.69 Å². The Labute approximate surface area is 223 Å². The van der Waals surface area contributed by atoms with Gasteiger partial charge in [0.1, 0.15) is 5.75 Å². The average molecular weight is 515 g/mol. The van der Waals surface area contributed by atoms with Crippen LogP contribution < -0.4 is 20.7 Å². The second kappa shape index (κ2) is 12.1. The van der Waals surface area contributed by atoms with Crippen LogP contribution in [-0.2, 0) is 0 Å². The van der Waals surface area contributed by atoms with E-state index in [4.69, 9.17) is 9.59 Å². The number of rotatable bonds is 8. The van der Waals surface area contributed by atoms with Crippen LogP contribution in [0.15, 0.2) is 160 Å². The van der Waals surface area contributed by atoms with Gasteiger partial charge in [0.05, 0.1) is 25.5 Å². The molecule has 0 fully saturated rings. The lowest BCUT2D eigenvalue weighted by Gasteiger charge is -2.24. The van der Waals surface area contributed by atoms with Crippen LogP contribution in [0.2, 0.25) is 0 Å². The summed E-state index contributed by atoms with van der Waals surface area (Å²) in [6.45, 7) is 0. The highest BCUT2D eigenvalue weighted by Crippen LogP contribution is 2.46. The van der Waals surface area contributed by atoms with E-state index in [1.165, 1.54) is 0 Å². The molecular formula is C32H27N4OP. The number of nitrogens with zero attached hydrogens (tertiary/aromatic N) is 4. The number of methoxy groups -OCH3 is 1. The summed E-state index contributed by atoms with van der Waals surface area (Å²) in [5, 5.41) is 12.4. The van der Waals surface area contributed by atoms with Crippen molar-refractivity contribution in [2.24, 2.45) is 20.2 Å². The molecule has 0 aliphatic rings. The SMILES string of the molecule is COc1ccc(N=Cc2ccccc2N=NN=P(c2ccccc2)(c2ccccc2)c2ccccc2)cc1. The van der Waals surface area contributed by atoms with Gasteiger partial charge >= 0.3 is 0 Å². The summed E-state index contributed by atoms with van der Waals surface area (Å²) in [5.74, 6) is 0.793. The van der Waals surface area contributed by atoms with Crippen LogP contribution in [0.4, 0.5) is 11.4 Å². The Bertz CT molecular complexity index is 1480. The van der Waals surface area contributed by atoms with E-state index in [2.05, 4.69) is 51.7 Å². The Morgan fingerprint density at radius 2 is 1.08 bits per heavy atom. The van der Waals surface area contributed by atoms with Crippen molar-refractivity contribution in [3.05, 3.63) is 145 Å². The van der Waals surface area contributed by atoms with Gasteiger partial charge in [-0.3, -0.25) is 4.99 Å². The van der Waals surface area contributed by atoms with Gasteiger partial charge in [0.2, 0.25) is 0 Å². The molecule has 186 valence electrons. The van der Waals surface area contributed by atoms with Crippen LogP contribution in [0.3, 0.4) is 0 Å². The lowest BCUT2D eigenvalue weighted by Crippen LogP contribution is -2.25. The number of hydrogen-bond donors (Lipinski definition) is 0. The van der Waals surface area contributed by atoms with E-state index in [0.717, 1.165) is 32.9 Å². The summed E-state index contributed by atoms with van der Waals surface area (Å²) >= 11 is 0. The molecule has 0 aromatic heterocycles. The molecule has 0 saturated carbocycles. The molecular weight excluding hydrogens is 487 g/mol. The highest BCUT2D eigenvalue weighted by atomic mass is 31.2. The molecule has 5 rings (SSSR count). The fourth-order valence-electron chi connectivity index (χ4n) is 4.16. The molecule has 5 nitrogen and oxygen atoms in total. The van der Waals surface area contributed by atoms with Crippen molar-refractivity contribution in [1.82, 2.24) is 0 Å². The summed E-state index contributed by atoms with van der Waals surface area (Å²) in [6.07, 6.45) is 1.80. The van der Waals surface area contributed by atoms with Gasteiger partial charge < -0.3 is 4.74 Å². The zero-order chi connectivity index (χ0) is 26.0. The molecule has 0 amide bonds. The van der Waals surface area contributed by atoms with E-state index in [1.54, 1.807) is 13.3 Å². The van der Waals surface area contributed by atoms with Crippen LogP contribution in [0.1, 0.15) is 5.56 Å². The molecule has 0 radical (unpaired) electrons. The number of benzene rings is 5. The van der Waals surface area contributed by atoms with Crippen molar-refractivity contribution in [2.45, 2.75) is 0 Å². The van der Waals surface area contributed by atoms with Crippen molar-refractivity contribution >= 4 is 40.6 Å². The molecule has 6 heteroatoms. The van der Waals surface area contributed by atoms with Crippen molar-refractivity contribution in [2.75, 3.05) is 7.11 Å². The molecule has 0 N–H and O–H groups in total. The molecule has 0 spiro atoms. The first-order valence-corrected chi connectivity index (χ1v) is 14.0. The van der Waals surface area contributed by atoms with E-state index in [-0.39, 0.29) is 0 Å². The molecule has 5 aromatic rings. The van der Waals surface area contributed by atoms with E-state index in [1.807, 2.05) is 103 Å². The third-order valence-corrected chi connectivity index (χ3v) is 9.56. The highest BCUT2D eigenvalue weighted by molar-refractivity contribution is 7.87. The van der Waals surface area contributed by atoms with E-state index in [9.17, 15) is 0 Å². The Kier molecular flexibility index (Phi) is 7.98. The van der Waals surface area contributed by atoms with Crippen molar-refractivity contribution < 1.29 is 4.74 Å². The van der Waals surface area contributed by atoms with E-state index < -0.39 is 7.05 Å². The lowest BCUT2D eigenvalue weighted by atomic mass is 10.2. The van der Waals surface area contributed by atoms with Crippen LogP contribution in [0, 0.1) is 0 Å². The predicted molar refractivity (Wildman–Crippen MR) is 159 cm³/mol. The Balaban J connectivity index is 1.59. The molecule has 0 heterocycles. The van der Waals surface area contributed by atoms with Gasteiger partial charge in [-0.1, -0.05) is 109 Å². The van der Waals surface area contributed by atoms with Gasteiger partial charge in [-0.15, -0.1) is 9.97 Å². The molecule has 5 aromatic carbocycles. The summed E-state index contributed by atoms with van der Waals surface area (Å²) in [7, 11) is -0.810. The van der Waals surface area contributed by atoms with Crippen molar-refractivity contribution in [1.29, 1.82) is 0 Å². The minimum atomic E-state index is -2.46. The first-order valence-electron chi connectivity index (χ1n) is 12.3. The first-order chi connectivity index (χ1) is 18.8. The van der Waals surface area contributed by atoms with Gasteiger partial charge in [0.25, 0.3) is 0 Å². The highest BCUT2D eigenvalue weighted by Gasteiger charge is 2.27. The van der Waals surface area contributed by atoms with Crippen LogP contribution in [0.25, 0.3) is 0 Å². The Morgan fingerprint density at radius 3 is 1.61 bits per heavy atom. The van der Waals surface area contributed by atoms with Gasteiger partial charge in [-0.2, -0.15) is 0 Å². The van der Waals surface area contributed by atoms with Gasteiger partial charge in [-0.05, 0) is 35.6 Å². The summed E-state index contributed by atoms with van der Waals surface area (Å²) in [6, 6.07) is 46.5. The molecule has 0 aliphatic heterocycles. The summed E-state index contributed by atoms with van der Waals surface area (Å²) < 4.78 is 5.23. The second-order valence-corrected chi connectivity index (χ2v) is 11.4. The maximum atomic E-state index is 5.23. The fourth-order valence-corrected chi connectivity index (χ4v) is 7.34. The first kappa shape index (κ1) is 25.1. The number of ether oxygens (including phenoxy) is 1. The molecule has 0 saturated heterocycles. The molecule has 0 bridgehead atoms. The smallest absolute Gasteiger partial charge is 0.119 e. The normalized spacial score (nSPS) is 11.6. The molecule has 0 unspecified atom stereocenters. The quantitative estimate of drug-likeness (QED) is 0.0909. The Hall–Kier alpha value is -4.60. The number of aliphatic imine (C=N–C) groups is 1. The largest absolute Gasteiger partial charge is 0.497 e. The van der Waals surface area contributed by atoms with Crippen LogP contribution in [0.5, 0.6) is 5.75 Å². The van der Waals surface area contributed by atoms with Gasteiger partial charge in [0, 0.05) is 27.7 Å². The summed E-state index contributed by atoms with van der Waals surface area (Å²) in [4.78, 5) is 9.66. The fraction of sp³-hybridized carbons (Fsp3) is 0.0312. The molecule has 38 heavy (non-hydrogen) atoms. The zero-order valence-electron chi connectivity index (χ0n) is 21.0. The monoisotopic (exact) mass is 514 g/mol. The van der Waals surface area contributed by atoms with Gasteiger partial charge in [0.15, 0.2) is 0 Å². The lowest BCUT2D eigenvalue weighted by molar-refractivity contribution is 0.415. The predicted octanol–water partition coefficient (Wildman–Crippen LogP) is 7.62. The average Bonchev–Trinajstić information content (AvgIpc) is 3.00. The minimum absolute atomic E-state index is 0.695. The standard InChI is InChI=1S/C32H27N4OP/c1-37-28-23-21-27(22-24-28)33-25-26-13-11-12-20-32(26)34-35-36-38(29-14-5-2-6-15-29,30-16-7-3-8-17-30)31-18-9-4-10-19-31/h2-25H,1H3. The van der Waals surface area contributed by atoms with Gasteiger partial charge in [-0.25, -0.2) is 0 Å². The van der Waals surface area contributed by atoms with Crippen molar-refractivity contribution in [3.8, 4) is 5.75 Å². The molecule has 0 aliphatic carbocycles. The molecule has 0 atom stereocenters. The second-order valence-electron chi connectivity index (χ2n) is 8.44. The third-order valence-electron chi connectivity index (χ3n) is 6.08.